The summed E-state index contributed by atoms with van der Waals surface area (Å²) in [6.07, 6.45) is 0.103. The van der Waals surface area contributed by atoms with E-state index >= 15 is 0 Å². The Bertz CT molecular complexity index is 418. The third-order valence-electron chi connectivity index (χ3n) is 2.53. The van der Waals surface area contributed by atoms with Gasteiger partial charge in [-0.2, -0.15) is 0 Å². The molecule has 0 aliphatic rings. The van der Waals surface area contributed by atoms with Crippen LogP contribution in [0.5, 0.6) is 0 Å². The van der Waals surface area contributed by atoms with E-state index in [0.29, 0.717) is 0 Å². The highest BCUT2D eigenvalue weighted by Crippen LogP contribution is 2.16. The fraction of sp³-hybridized carbons (Fsp3) is 0.429. The number of hydrogen-bond acceptors (Lipinski definition) is 3. The minimum atomic E-state index is -0.396. The van der Waals surface area contributed by atoms with Crippen LogP contribution in [0.2, 0.25) is 0 Å². The number of ether oxygens (including phenoxy) is 1. The summed E-state index contributed by atoms with van der Waals surface area (Å²) in [6.45, 7) is 3.74. The first kappa shape index (κ1) is 15.0. The number of nitrogens with one attached hydrogen (secondary N) is 2. The van der Waals surface area contributed by atoms with Gasteiger partial charge in [0, 0.05) is 6.04 Å². The molecular weight excluding hydrogens is 244 g/mol. The van der Waals surface area contributed by atoms with Gasteiger partial charge in [0.2, 0.25) is 0 Å². The molecule has 1 aromatic carbocycles. The first-order valence-corrected chi connectivity index (χ1v) is 6.21. The number of esters is 1. The number of methoxy groups -OCH3 is 1. The molecule has 19 heavy (non-hydrogen) atoms. The highest BCUT2D eigenvalue weighted by molar-refractivity contribution is 5.76. The summed E-state index contributed by atoms with van der Waals surface area (Å²) in [5.41, 5.74) is 0.867. The zero-order chi connectivity index (χ0) is 14.3. The highest BCUT2D eigenvalue weighted by Gasteiger charge is 2.18. The Morgan fingerprint density at radius 2 is 1.79 bits per heavy atom. The van der Waals surface area contributed by atoms with Gasteiger partial charge in [-0.05, 0) is 19.4 Å². The maximum absolute atomic E-state index is 11.7. The average molecular weight is 264 g/mol. The Labute approximate surface area is 113 Å². The predicted molar refractivity (Wildman–Crippen MR) is 72.6 cm³/mol. The maximum atomic E-state index is 11.7. The van der Waals surface area contributed by atoms with Crippen molar-refractivity contribution in [3.63, 3.8) is 0 Å². The normalized spacial score (nSPS) is 11.8. The van der Waals surface area contributed by atoms with Gasteiger partial charge in [-0.3, -0.25) is 4.79 Å². The molecule has 5 heteroatoms. The van der Waals surface area contributed by atoms with Crippen molar-refractivity contribution in [2.24, 2.45) is 0 Å². The number of rotatable bonds is 5. The smallest absolute Gasteiger partial charge is 0.315 e. The second-order valence-electron chi connectivity index (χ2n) is 4.52. The number of carbonyl (C=O) groups excluding carboxylic acids is 2. The van der Waals surface area contributed by atoms with Gasteiger partial charge in [-0.1, -0.05) is 30.3 Å². The third-order valence-corrected chi connectivity index (χ3v) is 2.53. The monoisotopic (exact) mass is 264 g/mol. The first-order valence-electron chi connectivity index (χ1n) is 6.21. The Balaban J connectivity index is 2.75. The van der Waals surface area contributed by atoms with Crippen LogP contribution >= 0.6 is 0 Å². The standard InChI is InChI=1S/C14H20N2O3/c1-10(2)15-14(18)16-12(9-13(17)19-3)11-7-5-4-6-8-11/h4-8,10,12H,9H2,1-3H3,(H2,15,16,18)/t12-/m1/s1. The van der Waals surface area contributed by atoms with Crippen molar-refractivity contribution >= 4 is 12.0 Å². The Morgan fingerprint density at radius 3 is 2.32 bits per heavy atom. The number of urea groups is 1. The molecule has 0 aliphatic heterocycles. The lowest BCUT2D eigenvalue weighted by atomic mass is 10.0. The van der Waals surface area contributed by atoms with Gasteiger partial charge in [0.05, 0.1) is 19.6 Å². The molecule has 0 saturated heterocycles. The SMILES string of the molecule is COC(=O)C[C@@H](NC(=O)NC(C)C)c1ccccc1. The molecule has 5 nitrogen and oxygen atoms in total. The molecule has 104 valence electrons. The van der Waals surface area contributed by atoms with Crippen molar-refractivity contribution in [2.45, 2.75) is 32.4 Å². The molecule has 1 rings (SSSR count). The number of amides is 2. The van der Waals surface area contributed by atoms with Crippen molar-refractivity contribution in [3.05, 3.63) is 35.9 Å². The topological polar surface area (TPSA) is 67.4 Å². The predicted octanol–water partition coefficient (Wildman–Crippen LogP) is 2.00. The molecule has 2 amide bonds. The largest absolute Gasteiger partial charge is 0.469 e. The van der Waals surface area contributed by atoms with E-state index in [1.165, 1.54) is 7.11 Å². The number of benzene rings is 1. The fourth-order valence-electron chi connectivity index (χ4n) is 1.65. The second kappa shape index (κ2) is 7.41. The molecule has 0 fully saturated rings. The van der Waals surface area contributed by atoms with Crippen molar-refractivity contribution in [3.8, 4) is 0 Å². The zero-order valence-corrected chi connectivity index (χ0v) is 11.5. The second-order valence-corrected chi connectivity index (χ2v) is 4.52. The fourth-order valence-corrected chi connectivity index (χ4v) is 1.65. The van der Waals surface area contributed by atoms with Crippen LogP contribution < -0.4 is 10.6 Å². The minimum absolute atomic E-state index is 0.0366. The molecule has 2 N–H and O–H groups in total. The van der Waals surface area contributed by atoms with Crippen LogP contribution in [-0.2, 0) is 9.53 Å². The van der Waals surface area contributed by atoms with Crippen molar-refractivity contribution in [1.82, 2.24) is 10.6 Å². The molecule has 0 bridgehead atoms. The van der Waals surface area contributed by atoms with Crippen molar-refractivity contribution in [1.29, 1.82) is 0 Å². The van der Waals surface area contributed by atoms with E-state index in [2.05, 4.69) is 15.4 Å². The van der Waals surface area contributed by atoms with Crippen LogP contribution in [0.25, 0.3) is 0 Å². The van der Waals surface area contributed by atoms with E-state index in [1.54, 1.807) is 0 Å². The minimum Gasteiger partial charge on any atom is -0.469 e. The quantitative estimate of drug-likeness (QED) is 0.799. The Kier molecular flexibility index (Phi) is 5.85. The highest BCUT2D eigenvalue weighted by atomic mass is 16.5. The van der Waals surface area contributed by atoms with E-state index in [-0.39, 0.29) is 24.5 Å². The van der Waals surface area contributed by atoms with Gasteiger partial charge in [-0.25, -0.2) is 4.79 Å². The van der Waals surface area contributed by atoms with E-state index in [4.69, 9.17) is 0 Å². The number of hydrogen-bond donors (Lipinski definition) is 2. The summed E-state index contributed by atoms with van der Waals surface area (Å²) < 4.78 is 4.65. The molecular formula is C14H20N2O3. The first-order chi connectivity index (χ1) is 9.02. The number of carbonyl (C=O) groups is 2. The lowest BCUT2D eigenvalue weighted by Crippen LogP contribution is -2.41. The Morgan fingerprint density at radius 1 is 1.16 bits per heavy atom. The van der Waals surface area contributed by atoms with Gasteiger partial charge >= 0.3 is 12.0 Å². The lowest BCUT2D eigenvalue weighted by molar-refractivity contribution is -0.141. The molecule has 0 aliphatic carbocycles. The zero-order valence-electron chi connectivity index (χ0n) is 11.5. The van der Waals surface area contributed by atoms with E-state index in [0.717, 1.165) is 5.56 Å². The van der Waals surface area contributed by atoms with E-state index < -0.39 is 6.04 Å². The molecule has 0 spiro atoms. The van der Waals surface area contributed by atoms with Gasteiger partial charge < -0.3 is 15.4 Å². The summed E-state index contributed by atoms with van der Waals surface area (Å²) in [6, 6.07) is 8.68. The summed E-state index contributed by atoms with van der Waals surface area (Å²) >= 11 is 0. The molecule has 0 radical (unpaired) electrons. The molecule has 0 aromatic heterocycles. The molecule has 0 unspecified atom stereocenters. The van der Waals surface area contributed by atoms with Crippen molar-refractivity contribution in [2.75, 3.05) is 7.11 Å². The van der Waals surface area contributed by atoms with Crippen LogP contribution in [0, 0.1) is 0 Å². The summed E-state index contributed by atoms with van der Waals surface area (Å²) in [5.74, 6) is -0.362. The van der Waals surface area contributed by atoms with Gasteiger partial charge in [0.1, 0.15) is 0 Å². The van der Waals surface area contributed by atoms with Crippen LogP contribution in [0.1, 0.15) is 31.9 Å². The Hall–Kier alpha value is -2.04. The van der Waals surface area contributed by atoms with E-state index in [1.807, 2.05) is 44.2 Å². The van der Waals surface area contributed by atoms with Crippen LogP contribution in [0.4, 0.5) is 4.79 Å². The van der Waals surface area contributed by atoms with Crippen LogP contribution in [-0.4, -0.2) is 25.2 Å². The van der Waals surface area contributed by atoms with Gasteiger partial charge in [0.15, 0.2) is 0 Å². The molecule has 0 saturated carbocycles. The average Bonchev–Trinajstić information content (AvgIpc) is 2.37. The summed E-state index contributed by atoms with van der Waals surface area (Å²) in [4.78, 5) is 23.1. The summed E-state index contributed by atoms with van der Waals surface area (Å²) in [5, 5.41) is 5.51. The van der Waals surface area contributed by atoms with Gasteiger partial charge in [-0.15, -0.1) is 0 Å². The third kappa shape index (κ3) is 5.42. The lowest BCUT2D eigenvalue weighted by Gasteiger charge is -2.19. The summed E-state index contributed by atoms with van der Waals surface area (Å²) in [7, 11) is 1.33. The molecule has 0 heterocycles. The van der Waals surface area contributed by atoms with Crippen LogP contribution in [0.15, 0.2) is 30.3 Å². The molecule has 1 aromatic rings. The van der Waals surface area contributed by atoms with Crippen molar-refractivity contribution < 1.29 is 14.3 Å². The maximum Gasteiger partial charge on any atom is 0.315 e. The van der Waals surface area contributed by atoms with Gasteiger partial charge in [0.25, 0.3) is 0 Å². The van der Waals surface area contributed by atoms with E-state index in [9.17, 15) is 9.59 Å². The molecule has 1 atom stereocenters. The van der Waals surface area contributed by atoms with Crippen LogP contribution in [0.3, 0.4) is 0 Å².